The fourth-order valence-corrected chi connectivity index (χ4v) is 3.71. The van der Waals surface area contributed by atoms with Crippen LogP contribution < -0.4 is 0 Å². The molecule has 0 N–H and O–H groups in total. The summed E-state index contributed by atoms with van der Waals surface area (Å²) in [6, 6.07) is 0. The molecule has 0 saturated carbocycles. The predicted molar refractivity (Wildman–Crippen MR) is 68.0 cm³/mol. The van der Waals surface area contributed by atoms with Crippen LogP contribution in [0, 0.1) is 0 Å². The van der Waals surface area contributed by atoms with Gasteiger partial charge in [0.05, 0.1) is 11.2 Å². The van der Waals surface area contributed by atoms with Crippen molar-refractivity contribution in [1.29, 1.82) is 0 Å². The molecule has 0 bridgehead atoms. The van der Waals surface area contributed by atoms with Gasteiger partial charge in [-0.05, 0) is 6.42 Å². The van der Waals surface area contributed by atoms with Crippen LogP contribution in [0.15, 0.2) is 11.2 Å². The van der Waals surface area contributed by atoms with Crippen molar-refractivity contribution in [3.63, 3.8) is 0 Å². The van der Waals surface area contributed by atoms with Gasteiger partial charge in [0.2, 0.25) is 0 Å². The molecule has 1 heterocycles. The average molecular weight is 300 g/mol. The molecule has 1 aromatic rings. The van der Waals surface area contributed by atoms with E-state index in [1.54, 1.807) is 14.0 Å². The molecule has 5 nitrogen and oxygen atoms in total. The second-order valence-electron chi connectivity index (χ2n) is 3.46. The topological polar surface area (TPSA) is 55.2 Å². The Hall–Kier alpha value is -0.300. The lowest BCUT2D eigenvalue weighted by molar-refractivity contribution is 0.421. The van der Waals surface area contributed by atoms with E-state index in [0.717, 1.165) is 0 Å². The second kappa shape index (κ2) is 6.04. The smallest absolute Gasteiger partial charge is 0.255 e. The summed E-state index contributed by atoms with van der Waals surface area (Å²) in [5.41, 5.74) is 0. The zero-order valence-corrected chi connectivity index (χ0v) is 12.1. The van der Waals surface area contributed by atoms with Gasteiger partial charge in [-0.1, -0.05) is 18.5 Å². The van der Waals surface area contributed by atoms with E-state index < -0.39 is 10.0 Å². The van der Waals surface area contributed by atoms with Gasteiger partial charge >= 0.3 is 0 Å². The largest absolute Gasteiger partial charge is 0.261 e. The van der Waals surface area contributed by atoms with Crippen LogP contribution in [0.1, 0.15) is 13.3 Å². The maximum Gasteiger partial charge on any atom is 0.261 e. The molecular formula is C9H15Cl2N3O2S. The standard InChI is InChI=1S/C9H15Cl2N3O2S/c1-3-14(6-4-5-10)17(15,16)9-8(11)7-12-13(9)2/h7H,3-6H2,1-2H3. The molecule has 0 spiro atoms. The molecule has 0 aliphatic rings. The van der Waals surface area contributed by atoms with Crippen LogP contribution in [0.25, 0.3) is 0 Å². The lowest BCUT2D eigenvalue weighted by atomic mass is 10.5. The molecule has 0 fully saturated rings. The highest BCUT2D eigenvalue weighted by Crippen LogP contribution is 2.23. The van der Waals surface area contributed by atoms with Crippen LogP contribution in [0.4, 0.5) is 0 Å². The molecule has 17 heavy (non-hydrogen) atoms. The zero-order valence-electron chi connectivity index (χ0n) is 9.73. The summed E-state index contributed by atoms with van der Waals surface area (Å²) in [7, 11) is -2.05. The van der Waals surface area contributed by atoms with E-state index in [1.807, 2.05) is 0 Å². The van der Waals surface area contributed by atoms with Gasteiger partial charge in [-0.2, -0.15) is 9.40 Å². The summed E-state index contributed by atoms with van der Waals surface area (Å²) in [6.45, 7) is 2.53. The molecule has 1 aromatic heterocycles. The lowest BCUT2D eigenvalue weighted by Gasteiger charge is -2.20. The molecular weight excluding hydrogens is 285 g/mol. The first-order chi connectivity index (χ1) is 7.95. The summed E-state index contributed by atoms with van der Waals surface area (Å²) in [6.07, 6.45) is 1.92. The van der Waals surface area contributed by atoms with E-state index in [9.17, 15) is 8.42 Å². The Kier molecular flexibility index (Phi) is 5.24. The number of halogens is 2. The molecule has 0 saturated heterocycles. The fourth-order valence-electron chi connectivity index (χ4n) is 1.50. The SMILES string of the molecule is CCN(CCCCl)S(=O)(=O)c1c(Cl)cnn1C. The van der Waals surface area contributed by atoms with E-state index in [4.69, 9.17) is 23.2 Å². The third kappa shape index (κ3) is 3.13. The maximum absolute atomic E-state index is 12.3. The minimum Gasteiger partial charge on any atom is -0.255 e. The molecule has 0 aromatic carbocycles. The molecule has 0 unspecified atom stereocenters. The van der Waals surface area contributed by atoms with E-state index >= 15 is 0 Å². The number of nitrogens with zero attached hydrogens (tertiary/aromatic N) is 3. The molecule has 0 amide bonds. The third-order valence-electron chi connectivity index (χ3n) is 2.32. The highest BCUT2D eigenvalue weighted by atomic mass is 35.5. The van der Waals surface area contributed by atoms with Crippen molar-refractivity contribution < 1.29 is 8.42 Å². The Labute approximate surface area is 111 Å². The fraction of sp³-hybridized carbons (Fsp3) is 0.667. The lowest BCUT2D eigenvalue weighted by Crippen LogP contribution is -2.33. The van der Waals surface area contributed by atoms with Crippen LogP contribution >= 0.6 is 23.2 Å². The highest BCUT2D eigenvalue weighted by Gasteiger charge is 2.28. The number of hydrogen-bond acceptors (Lipinski definition) is 3. The van der Waals surface area contributed by atoms with Gasteiger partial charge in [-0.15, -0.1) is 11.6 Å². The Morgan fingerprint density at radius 1 is 1.53 bits per heavy atom. The first-order valence-electron chi connectivity index (χ1n) is 5.18. The van der Waals surface area contributed by atoms with Gasteiger partial charge < -0.3 is 0 Å². The Morgan fingerprint density at radius 3 is 2.59 bits per heavy atom. The molecule has 8 heteroatoms. The van der Waals surface area contributed by atoms with Crippen molar-refractivity contribution in [2.45, 2.75) is 18.4 Å². The average Bonchev–Trinajstić information content (AvgIpc) is 2.59. The normalized spacial score (nSPS) is 12.3. The molecule has 0 atom stereocenters. The predicted octanol–water partition coefficient (Wildman–Crippen LogP) is 1.71. The third-order valence-corrected chi connectivity index (χ3v) is 5.07. The van der Waals surface area contributed by atoms with Crippen LogP contribution in [0.5, 0.6) is 0 Å². The van der Waals surface area contributed by atoms with E-state index in [2.05, 4.69) is 5.10 Å². The summed E-state index contributed by atoms with van der Waals surface area (Å²) in [5.74, 6) is 0.422. The van der Waals surface area contributed by atoms with Crippen LogP contribution in [0.2, 0.25) is 5.02 Å². The maximum atomic E-state index is 12.3. The Morgan fingerprint density at radius 2 is 2.18 bits per heavy atom. The molecule has 0 aliphatic carbocycles. The van der Waals surface area contributed by atoms with Gasteiger partial charge in [0.25, 0.3) is 10.0 Å². The zero-order chi connectivity index (χ0) is 13.1. The van der Waals surface area contributed by atoms with Crippen molar-refractivity contribution >= 4 is 33.2 Å². The van der Waals surface area contributed by atoms with Gasteiger partial charge in [0.1, 0.15) is 0 Å². The molecule has 1 rings (SSSR count). The summed E-state index contributed by atoms with van der Waals surface area (Å²) < 4.78 is 27.2. The van der Waals surface area contributed by atoms with E-state index in [1.165, 1.54) is 15.2 Å². The first kappa shape index (κ1) is 14.8. The number of aryl methyl sites for hydroxylation is 1. The van der Waals surface area contributed by atoms with Crippen molar-refractivity contribution in [1.82, 2.24) is 14.1 Å². The molecule has 0 radical (unpaired) electrons. The summed E-state index contributed by atoms with van der Waals surface area (Å²) in [4.78, 5) is 0. The summed E-state index contributed by atoms with van der Waals surface area (Å²) in [5, 5.41) is 3.99. The number of sulfonamides is 1. The van der Waals surface area contributed by atoms with Crippen LogP contribution in [0.3, 0.4) is 0 Å². The van der Waals surface area contributed by atoms with Crippen molar-refractivity contribution in [3.05, 3.63) is 11.2 Å². The number of rotatable bonds is 6. The van der Waals surface area contributed by atoms with Gasteiger partial charge in [-0.3, -0.25) is 4.68 Å². The summed E-state index contributed by atoms with van der Waals surface area (Å²) >= 11 is 11.4. The van der Waals surface area contributed by atoms with Gasteiger partial charge in [0.15, 0.2) is 5.03 Å². The number of alkyl halides is 1. The van der Waals surface area contributed by atoms with E-state index in [0.29, 0.717) is 25.4 Å². The molecule has 0 aliphatic heterocycles. The number of aromatic nitrogens is 2. The minimum absolute atomic E-state index is 0.0237. The van der Waals surface area contributed by atoms with Crippen molar-refractivity contribution in [2.24, 2.45) is 7.05 Å². The molecule has 98 valence electrons. The minimum atomic E-state index is -3.60. The quantitative estimate of drug-likeness (QED) is 0.752. The van der Waals surface area contributed by atoms with Gasteiger partial charge in [-0.25, -0.2) is 8.42 Å². The van der Waals surface area contributed by atoms with Gasteiger partial charge in [0, 0.05) is 26.0 Å². The second-order valence-corrected chi connectivity index (χ2v) is 6.10. The van der Waals surface area contributed by atoms with Crippen LogP contribution in [-0.4, -0.2) is 41.5 Å². The Balaban J connectivity index is 3.09. The Bertz CT molecular complexity index is 453. The monoisotopic (exact) mass is 299 g/mol. The van der Waals surface area contributed by atoms with Crippen LogP contribution in [-0.2, 0) is 17.1 Å². The number of hydrogen-bond donors (Lipinski definition) is 0. The van der Waals surface area contributed by atoms with Crippen molar-refractivity contribution in [3.8, 4) is 0 Å². The van der Waals surface area contributed by atoms with Crippen molar-refractivity contribution in [2.75, 3.05) is 19.0 Å². The highest BCUT2D eigenvalue weighted by molar-refractivity contribution is 7.89. The first-order valence-corrected chi connectivity index (χ1v) is 7.54. The van der Waals surface area contributed by atoms with E-state index in [-0.39, 0.29) is 10.0 Å².